The Morgan fingerprint density at radius 1 is 0.573 bits per heavy atom. The molecule has 2 fully saturated rings. The highest BCUT2D eigenvalue weighted by molar-refractivity contribution is 9.10. The Kier molecular flexibility index (Phi) is 15.7. The van der Waals surface area contributed by atoms with Crippen LogP contribution in [0.25, 0.3) is 33.5 Å². The van der Waals surface area contributed by atoms with Gasteiger partial charge in [0.25, 0.3) is 0 Å². The lowest BCUT2D eigenvalue weighted by Crippen LogP contribution is -2.58. The summed E-state index contributed by atoms with van der Waals surface area (Å²) in [5.74, 6) is 0.794. The first-order valence-electron chi connectivity index (χ1n) is 24.7. The largest absolute Gasteiger partial charge is 0.444 e. The van der Waals surface area contributed by atoms with Gasteiger partial charge in [0.2, 0.25) is 0 Å². The molecular weight excluding hydrogens is 1030 g/mol. The molecule has 24 nitrogen and oxygen atoms in total. The topological polar surface area (TPSA) is 266 Å². The molecule has 4 N–H and O–H groups in total. The molecule has 2 saturated heterocycles. The van der Waals surface area contributed by atoms with E-state index in [-0.39, 0.29) is 13.1 Å². The first-order chi connectivity index (χ1) is 34.8. The summed E-state index contributed by atoms with van der Waals surface area (Å²) in [4.78, 5) is 68.3. The van der Waals surface area contributed by atoms with E-state index in [4.69, 9.17) is 40.4 Å². The minimum Gasteiger partial charge on any atom is -0.444 e. The van der Waals surface area contributed by atoms with E-state index in [1.807, 2.05) is 110 Å². The highest BCUT2D eigenvalue weighted by Gasteiger charge is 2.39. The van der Waals surface area contributed by atoms with Crippen LogP contribution in [0.2, 0.25) is 0 Å². The number of carbonyl (C=O) groups excluding carboxylic acids is 4. The second-order valence-corrected chi connectivity index (χ2v) is 23.5. The van der Waals surface area contributed by atoms with Crippen molar-refractivity contribution in [1.82, 2.24) is 68.4 Å². The lowest BCUT2D eigenvalue weighted by atomic mass is 10.1. The molecule has 2 unspecified atom stereocenters. The van der Waals surface area contributed by atoms with Crippen molar-refractivity contribution < 1.29 is 38.1 Å². The SMILES string of the molecule is Cn1cc(-c2cnn3c(N)c(Br)c(CC4CN(C(=O)OC(C)(C)C)CCN4C(=O)OC(C)(C)C)nc23)cn1.Cn1cc(-c2cnn3c(N)cc(CC4CN(C(=O)OC(C)(C)C)CCN4C(=O)OC(C)(C)C)nc23)cn1. The van der Waals surface area contributed by atoms with Crippen molar-refractivity contribution in [2.24, 2.45) is 14.1 Å². The minimum atomic E-state index is -0.664. The Labute approximate surface area is 444 Å². The third-order valence-corrected chi connectivity index (χ3v) is 12.5. The summed E-state index contributed by atoms with van der Waals surface area (Å²) < 4.78 is 29.7. The molecule has 2 aliphatic rings. The van der Waals surface area contributed by atoms with Crippen LogP contribution in [0, 0.1) is 0 Å². The molecule has 8 rings (SSSR count). The molecule has 75 heavy (non-hydrogen) atoms. The molecule has 0 saturated carbocycles. The van der Waals surface area contributed by atoms with Crippen LogP contribution >= 0.6 is 15.9 Å². The fourth-order valence-corrected chi connectivity index (χ4v) is 8.90. The average Bonchev–Trinajstić information content (AvgIpc) is 4.10. The maximum absolute atomic E-state index is 13.2. The monoisotopic (exact) mass is 1100 g/mol. The summed E-state index contributed by atoms with van der Waals surface area (Å²) in [6.07, 6.45) is 9.59. The molecule has 406 valence electrons. The van der Waals surface area contributed by atoms with Crippen LogP contribution in [0.4, 0.5) is 30.8 Å². The summed E-state index contributed by atoms with van der Waals surface area (Å²) in [6, 6.07) is 0.920. The van der Waals surface area contributed by atoms with E-state index in [1.165, 1.54) is 0 Å². The molecule has 4 amide bonds. The molecule has 8 heterocycles. The Bertz CT molecular complexity index is 3060. The van der Waals surface area contributed by atoms with Crippen LogP contribution < -0.4 is 11.5 Å². The quantitative estimate of drug-likeness (QED) is 0.159. The van der Waals surface area contributed by atoms with Crippen LogP contribution in [-0.2, 0) is 45.9 Å². The Morgan fingerprint density at radius 3 is 1.41 bits per heavy atom. The zero-order valence-electron chi connectivity index (χ0n) is 45.4. The smallest absolute Gasteiger partial charge is 0.410 e. The number of anilines is 2. The summed E-state index contributed by atoms with van der Waals surface area (Å²) in [5, 5.41) is 17.3. The van der Waals surface area contributed by atoms with E-state index in [0.29, 0.717) is 77.8 Å². The fourth-order valence-electron chi connectivity index (χ4n) is 8.48. The summed E-state index contributed by atoms with van der Waals surface area (Å²) >= 11 is 3.58. The Morgan fingerprint density at radius 2 is 0.987 bits per heavy atom. The van der Waals surface area contributed by atoms with Gasteiger partial charge in [-0.1, -0.05) is 0 Å². The molecule has 0 bridgehead atoms. The number of hydrogen-bond donors (Lipinski definition) is 2. The lowest BCUT2D eigenvalue weighted by Gasteiger charge is -2.41. The Hall–Kier alpha value is -7.18. The van der Waals surface area contributed by atoms with Gasteiger partial charge in [-0.05, 0) is 99.0 Å². The van der Waals surface area contributed by atoms with Gasteiger partial charge in [-0.25, -0.2) is 29.1 Å². The molecule has 0 aliphatic carbocycles. The second-order valence-electron chi connectivity index (χ2n) is 22.7. The van der Waals surface area contributed by atoms with Gasteiger partial charge in [0.05, 0.1) is 47.0 Å². The van der Waals surface area contributed by atoms with Crippen molar-refractivity contribution in [3.8, 4) is 22.3 Å². The maximum atomic E-state index is 13.2. The number of ether oxygens (including phenoxy) is 4. The van der Waals surface area contributed by atoms with E-state index in [2.05, 4.69) is 36.3 Å². The van der Waals surface area contributed by atoms with Crippen molar-refractivity contribution in [2.75, 3.05) is 50.7 Å². The van der Waals surface area contributed by atoms with Crippen LogP contribution in [0.3, 0.4) is 0 Å². The van der Waals surface area contributed by atoms with Crippen molar-refractivity contribution in [3.05, 3.63) is 59.1 Å². The van der Waals surface area contributed by atoms with Gasteiger partial charge in [0.1, 0.15) is 34.0 Å². The van der Waals surface area contributed by atoms with Crippen LogP contribution in [0.1, 0.15) is 94.5 Å². The highest BCUT2D eigenvalue weighted by atomic mass is 79.9. The van der Waals surface area contributed by atoms with Gasteiger partial charge in [-0.2, -0.15) is 29.4 Å². The predicted octanol–water partition coefficient (Wildman–Crippen LogP) is 6.98. The predicted molar refractivity (Wildman–Crippen MR) is 283 cm³/mol. The summed E-state index contributed by atoms with van der Waals surface area (Å²) in [6.45, 7) is 23.7. The number of amides is 4. The first kappa shape index (κ1) is 55.6. The molecule has 6 aromatic heterocycles. The lowest BCUT2D eigenvalue weighted by molar-refractivity contribution is -0.0148. The molecular formula is C50H71BrN16O8. The van der Waals surface area contributed by atoms with E-state index in [9.17, 15) is 19.2 Å². The number of rotatable bonds is 6. The van der Waals surface area contributed by atoms with E-state index in [0.717, 1.165) is 22.3 Å². The number of nitrogens with zero attached hydrogens (tertiary/aromatic N) is 14. The fraction of sp³-hybridized carbons (Fsp3) is 0.560. The van der Waals surface area contributed by atoms with Gasteiger partial charge >= 0.3 is 24.4 Å². The van der Waals surface area contributed by atoms with E-state index < -0.39 is 58.9 Å². The minimum absolute atomic E-state index is 0.252. The molecule has 0 aromatic carbocycles. The van der Waals surface area contributed by atoms with Gasteiger partial charge in [-0.15, -0.1) is 0 Å². The first-order valence-corrected chi connectivity index (χ1v) is 25.5. The molecule has 6 aromatic rings. The van der Waals surface area contributed by atoms with Crippen molar-refractivity contribution >= 4 is 63.2 Å². The number of piperazine rings is 2. The number of aromatic nitrogens is 10. The van der Waals surface area contributed by atoms with E-state index in [1.54, 1.807) is 68.8 Å². The number of hydrogen-bond acceptors (Lipinski definition) is 16. The van der Waals surface area contributed by atoms with Gasteiger partial charge in [0.15, 0.2) is 11.3 Å². The number of aryl methyl sites for hydroxylation is 2. The van der Waals surface area contributed by atoms with Crippen molar-refractivity contribution in [3.63, 3.8) is 0 Å². The second kappa shape index (κ2) is 21.2. The number of carbonyl (C=O) groups is 4. The highest BCUT2D eigenvalue weighted by Crippen LogP contribution is 2.32. The summed E-state index contributed by atoms with van der Waals surface area (Å²) in [5.41, 5.74) is 16.0. The zero-order chi connectivity index (χ0) is 55.1. The number of nitrogens with two attached hydrogens (primary N) is 2. The zero-order valence-corrected chi connectivity index (χ0v) is 47.0. The standard InChI is InChI=1S/C25H35BrN8O4.C25H36N8O4/c1-24(2,3)37-22(35)32-8-9-33(23(36)38-25(4,5)6)16(14-32)10-18-19(26)20(27)34-21(30-18)17(12-29-34)15-11-28-31(7)13-15;1-24(2,3)36-22(34)31-8-9-32(23(35)37-25(4,5)6)18(15-31)10-17-11-20(26)33-21(29-17)19(13-28-33)16-12-27-30(7)14-16/h11-13,16H,8-10,14,27H2,1-7H3;11-14,18H,8-10,15,26H2,1-7H3. The Balaban J connectivity index is 0.000000219. The third-order valence-electron chi connectivity index (χ3n) is 11.7. The van der Waals surface area contributed by atoms with Gasteiger partial charge in [-0.3, -0.25) is 9.36 Å². The molecule has 2 atom stereocenters. The number of fused-ring (bicyclic) bond motifs is 2. The molecule has 0 spiro atoms. The van der Waals surface area contributed by atoms with Crippen molar-refractivity contribution in [1.29, 1.82) is 0 Å². The van der Waals surface area contributed by atoms with Crippen LogP contribution in [0.5, 0.6) is 0 Å². The third kappa shape index (κ3) is 13.8. The molecule has 2 aliphatic heterocycles. The van der Waals surface area contributed by atoms with Crippen LogP contribution in [-0.4, -0.2) is 166 Å². The number of nitrogen functional groups attached to an aromatic ring is 2. The number of halogens is 1. The van der Waals surface area contributed by atoms with Gasteiger partial charge < -0.3 is 50.0 Å². The molecule has 0 radical (unpaired) electrons. The summed E-state index contributed by atoms with van der Waals surface area (Å²) in [7, 11) is 3.68. The van der Waals surface area contributed by atoms with Gasteiger partial charge in [0, 0.05) is 113 Å². The van der Waals surface area contributed by atoms with Crippen molar-refractivity contribution in [2.45, 2.75) is 130 Å². The average molecular weight is 1100 g/mol. The van der Waals surface area contributed by atoms with E-state index >= 15 is 0 Å². The normalized spacial score (nSPS) is 16.7. The van der Waals surface area contributed by atoms with Crippen LogP contribution in [0.15, 0.2) is 47.7 Å². The maximum Gasteiger partial charge on any atom is 0.410 e. The molecule has 25 heteroatoms.